The number of ether oxygens (including phenoxy) is 1. The highest BCUT2D eigenvalue weighted by atomic mass is 32.2. The molecule has 2 rings (SSSR count). The van der Waals surface area contributed by atoms with Gasteiger partial charge in [0, 0.05) is 23.7 Å². The summed E-state index contributed by atoms with van der Waals surface area (Å²) in [4.78, 5) is 9.15. The minimum Gasteiger partial charge on any atom is -0.494 e. The SMILES string of the molecule is C=CCCCCCCCCCOc1ccc(-c2cnc(SCCCCCCCCCCC)nc2)cc1. The van der Waals surface area contributed by atoms with E-state index < -0.39 is 0 Å². The Balaban J connectivity index is 1.54. The van der Waals surface area contributed by atoms with Crippen molar-refractivity contribution in [1.82, 2.24) is 9.97 Å². The van der Waals surface area contributed by atoms with Gasteiger partial charge in [0.05, 0.1) is 6.61 Å². The van der Waals surface area contributed by atoms with E-state index in [9.17, 15) is 0 Å². The van der Waals surface area contributed by atoms with E-state index in [0.29, 0.717) is 0 Å². The summed E-state index contributed by atoms with van der Waals surface area (Å²) in [7, 11) is 0. The minimum atomic E-state index is 0.795. The molecule has 0 fully saturated rings. The van der Waals surface area contributed by atoms with Gasteiger partial charge in [0.15, 0.2) is 5.16 Å². The quantitative estimate of drug-likeness (QED) is 0.0644. The number of benzene rings is 1. The summed E-state index contributed by atoms with van der Waals surface area (Å²) in [6.45, 7) is 6.85. The van der Waals surface area contributed by atoms with Crippen LogP contribution >= 0.6 is 11.8 Å². The zero-order valence-corrected chi connectivity index (χ0v) is 23.7. The predicted octanol–water partition coefficient (Wildman–Crippen LogP) is 10.5. The Hall–Kier alpha value is -1.81. The van der Waals surface area contributed by atoms with E-state index >= 15 is 0 Å². The molecule has 0 aliphatic heterocycles. The second kappa shape index (κ2) is 21.3. The summed E-state index contributed by atoms with van der Waals surface area (Å²) in [5.74, 6) is 2.05. The molecule has 4 heteroatoms. The van der Waals surface area contributed by atoms with Crippen molar-refractivity contribution in [2.45, 2.75) is 121 Å². The Morgan fingerprint density at radius 1 is 0.694 bits per heavy atom. The van der Waals surface area contributed by atoms with Gasteiger partial charge in [0.1, 0.15) is 5.75 Å². The van der Waals surface area contributed by atoms with Crippen molar-refractivity contribution < 1.29 is 4.74 Å². The fraction of sp³-hybridized carbons (Fsp3) is 0.625. The molecule has 200 valence electrons. The number of hydrogen-bond acceptors (Lipinski definition) is 4. The third-order valence-corrected chi connectivity index (χ3v) is 7.58. The van der Waals surface area contributed by atoms with Gasteiger partial charge in [-0.15, -0.1) is 6.58 Å². The molecule has 0 spiro atoms. The van der Waals surface area contributed by atoms with Crippen LogP contribution in [0, 0.1) is 0 Å². The van der Waals surface area contributed by atoms with Gasteiger partial charge in [-0.2, -0.15) is 0 Å². The van der Waals surface area contributed by atoms with Gasteiger partial charge in [-0.05, 0) is 43.4 Å². The fourth-order valence-corrected chi connectivity index (χ4v) is 5.11. The van der Waals surface area contributed by atoms with Crippen LogP contribution in [0.2, 0.25) is 0 Å². The Bertz CT molecular complexity index is 776. The summed E-state index contributed by atoms with van der Waals surface area (Å²) in [5, 5.41) is 0.884. The average Bonchev–Trinajstić information content (AvgIpc) is 2.91. The second-order valence-corrected chi connectivity index (χ2v) is 10.9. The van der Waals surface area contributed by atoms with Crippen molar-refractivity contribution in [3.8, 4) is 16.9 Å². The number of aromatic nitrogens is 2. The monoisotopic (exact) mass is 510 g/mol. The molecule has 0 unspecified atom stereocenters. The molecule has 1 aromatic heterocycles. The summed E-state index contributed by atoms with van der Waals surface area (Å²) in [6.07, 6.45) is 28.3. The average molecular weight is 511 g/mol. The lowest BCUT2D eigenvalue weighted by Crippen LogP contribution is -1.97. The van der Waals surface area contributed by atoms with Gasteiger partial charge < -0.3 is 4.74 Å². The normalized spacial score (nSPS) is 11.0. The van der Waals surface area contributed by atoms with Crippen LogP contribution in [-0.2, 0) is 0 Å². The molecule has 0 amide bonds. The lowest BCUT2D eigenvalue weighted by Gasteiger charge is -2.08. The molecule has 1 aromatic carbocycles. The highest BCUT2D eigenvalue weighted by Crippen LogP contribution is 2.23. The first-order valence-electron chi connectivity index (χ1n) is 14.6. The van der Waals surface area contributed by atoms with Crippen molar-refractivity contribution in [2.24, 2.45) is 0 Å². The zero-order valence-electron chi connectivity index (χ0n) is 22.9. The van der Waals surface area contributed by atoms with Crippen LogP contribution in [-0.4, -0.2) is 22.3 Å². The van der Waals surface area contributed by atoms with Crippen LogP contribution in [0.3, 0.4) is 0 Å². The van der Waals surface area contributed by atoms with Crippen LogP contribution in [0.5, 0.6) is 5.75 Å². The first-order valence-corrected chi connectivity index (χ1v) is 15.6. The topological polar surface area (TPSA) is 35.0 Å². The molecular weight excluding hydrogens is 460 g/mol. The second-order valence-electron chi connectivity index (χ2n) is 9.86. The number of thioether (sulfide) groups is 1. The van der Waals surface area contributed by atoms with Crippen LogP contribution in [0.4, 0.5) is 0 Å². The number of unbranched alkanes of at least 4 members (excludes halogenated alkanes) is 15. The first kappa shape index (κ1) is 30.4. The van der Waals surface area contributed by atoms with E-state index in [1.54, 1.807) is 11.8 Å². The predicted molar refractivity (Wildman–Crippen MR) is 158 cm³/mol. The summed E-state index contributed by atoms with van der Waals surface area (Å²) < 4.78 is 5.93. The third kappa shape index (κ3) is 14.7. The number of allylic oxidation sites excluding steroid dienone is 1. The standard InChI is InChI=1S/C32H50N2OS/c1-3-5-7-9-11-13-15-17-19-25-35-31-23-21-29(22-24-31)30-27-33-32(34-28-30)36-26-20-18-16-14-12-10-8-6-4-2/h3,21-24,27-28H,1,4-20,25-26H2,2H3. The molecule has 0 atom stereocenters. The summed E-state index contributed by atoms with van der Waals surface area (Å²) in [6, 6.07) is 8.32. The molecule has 0 aliphatic rings. The van der Waals surface area contributed by atoms with Gasteiger partial charge in [-0.25, -0.2) is 9.97 Å². The molecular formula is C32H50N2OS. The first-order chi connectivity index (χ1) is 17.8. The molecule has 0 saturated carbocycles. The van der Waals surface area contributed by atoms with Crippen LogP contribution in [0.1, 0.15) is 116 Å². The highest BCUT2D eigenvalue weighted by Gasteiger charge is 2.03. The van der Waals surface area contributed by atoms with E-state index in [1.807, 2.05) is 18.5 Å². The largest absolute Gasteiger partial charge is 0.494 e. The van der Waals surface area contributed by atoms with Gasteiger partial charge in [-0.3, -0.25) is 0 Å². The molecule has 3 nitrogen and oxygen atoms in total. The van der Waals surface area contributed by atoms with Gasteiger partial charge >= 0.3 is 0 Å². The number of nitrogens with zero attached hydrogens (tertiary/aromatic N) is 2. The molecule has 0 saturated heterocycles. The zero-order chi connectivity index (χ0) is 25.5. The van der Waals surface area contributed by atoms with Crippen molar-refractivity contribution in [3.63, 3.8) is 0 Å². The molecule has 0 N–H and O–H groups in total. The Morgan fingerprint density at radius 3 is 1.86 bits per heavy atom. The van der Waals surface area contributed by atoms with Crippen molar-refractivity contribution in [1.29, 1.82) is 0 Å². The minimum absolute atomic E-state index is 0.795. The Morgan fingerprint density at radius 2 is 1.25 bits per heavy atom. The van der Waals surface area contributed by atoms with Crippen molar-refractivity contribution >= 4 is 11.8 Å². The van der Waals surface area contributed by atoms with E-state index in [0.717, 1.165) is 47.2 Å². The highest BCUT2D eigenvalue weighted by molar-refractivity contribution is 7.99. The maximum Gasteiger partial charge on any atom is 0.187 e. The number of hydrogen-bond donors (Lipinski definition) is 0. The Labute approximate surface area is 226 Å². The Kier molecular flexibility index (Phi) is 18.0. The van der Waals surface area contributed by atoms with E-state index in [1.165, 1.54) is 96.3 Å². The van der Waals surface area contributed by atoms with Gasteiger partial charge in [0.2, 0.25) is 0 Å². The molecule has 1 heterocycles. The lowest BCUT2D eigenvalue weighted by molar-refractivity contribution is 0.304. The van der Waals surface area contributed by atoms with Crippen molar-refractivity contribution in [3.05, 3.63) is 49.3 Å². The third-order valence-electron chi connectivity index (χ3n) is 6.62. The molecule has 0 aliphatic carbocycles. The van der Waals surface area contributed by atoms with Crippen LogP contribution in [0.25, 0.3) is 11.1 Å². The lowest BCUT2D eigenvalue weighted by atomic mass is 10.1. The van der Waals surface area contributed by atoms with Gasteiger partial charge in [-0.1, -0.05) is 120 Å². The maximum atomic E-state index is 5.93. The molecule has 0 bridgehead atoms. The summed E-state index contributed by atoms with van der Waals surface area (Å²) in [5.41, 5.74) is 2.19. The van der Waals surface area contributed by atoms with E-state index in [2.05, 4.69) is 47.7 Å². The van der Waals surface area contributed by atoms with Gasteiger partial charge in [0.25, 0.3) is 0 Å². The van der Waals surface area contributed by atoms with Crippen LogP contribution < -0.4 is 4.74 Å². The summed E-state index contributed by atoms with van der Waals surface area (Å²) >= 11 is 1.78. The maximum absolute atomic E-state index is 5.93. The molecule has 36 heavy (non-hydrogen) atoms. The van der Waals surface area contributed by atoms with E-state index in [4.69, 9.17) is 4.74 Å². The fourth-order valence-electron chi connectivity index (χ4n) is 4.32. The number of rotatable bonds is 23. The molecule has 0 radical (unpaired) electrons. The van der Waals surface area contributed by atoms with Crippen molar-refractivity contribution in [2.75, 3.05) is 12.4 Å². The molecule has 2 aromatic rings. The van der Waals surface area contributed by atoms with E-state index in [-0.39, 0.29) is 0 Å². The van der Waals surface area contributed by atoms with Crippen LogP contribution in [0.15, 0.2) is 54.5 Å². The smallest absolute Gasteiger partial charge is 0.187 e.